The molecule has 2 aromatic carbocycles. The van der Waals surface area contributed by atoms with E-state index in [1.807, 2.05) is 49.6 Å². The summed E-state index contributed by atoms with van der Waals surface area (Å²) in [4.78, 5) is 24.4. The van der Waals surface area contributed by atoms with Crippen molar-refractivity contribution < 1.29 is 4.21 Å². The normalized spacial score (nSPS) is 17.4. The van der Waals surface area contributed by atoms with Crippen LogP contribution in [0.1, 0.15) is 63.1 Å². The number of rotatable bonds is 7. The Morgan fingerprint density at radius 1 is 1.07 bits per heavy atom. The van der Waals surface area contributed by atoms with Crippen LogP contribution in [-0.4, -0.2) is 43.0 Å². The summed E-state index contributed by atoms with van der Waals surface area (Å²) in [6, 6.07) is 16.1. The molecule has 6 rings (SSSR count). The standard InChI is InChI=1S/C34H39N5O2S/c1-22(2)42(4,41)29-13-14-30(23(3)19-29)31-20-26-21-36-34(38-32(26)39(33(31)40)28-7-5-6-8-28)37-27-11-9-24(10-12-27)25-15-17-35-18-16-25/h9-15,19-22,28,35H,4-8,16-18H2,1-3H3,(H,36,37,38). The van der Waals surface area contributed by atoms with Gasteiger partial charge in [-0.05, 0) is 101 Å². The van der Waals surface area contributed by atoms with Gasteiger partial charge in [-0.1, -0.05) is 51.0 Å². The van der Waals surface area contributed by atoms with Gasteiger partial charge in [0.05, 0.1) is 0 Å². The lowest BCUT2D eigenvalue weighted by Crippen LogP contribution is -2.26. The van der Waals surface area contributed by atoms with Crippen molar-refractivity contribution in [3.8, 4) is 11.1 Å². The minimum absolute atomic E-state index is 0.0475. The molecule has 2 aromatic heterocycles. The molecule has 1 saturated carbocycles. The topological polar surface area (TPSA) is 88.9 Å². The van der Waals surface area contributed by atoms with Crippen molar-refractivity contribution in [2.75, 3.05) is 18.4 Å². The fourth-order valence-corrected chi connectivity index (χ4v) is 7.30. The number of benzene rings is 2. The predicted molar refractivity (Wildman–Crippen MR) is 175 cm³/mol. The third-order valence-corrected chi connectivity index (χ3v) is 11.3. The zero-order valence-electron chi connectivity index (χ0n) is 24.7. The second-order valence-electron chi connectivity index (χ2n) is 11.8. The first kappa shape index (κ1) is 28.4. The molecule has 0 spiro atoms. The molecule has 42 heavy (non-hydrogen) atoms. The molecule has 4 aromatic rings. The minimum atomic E-state index is -2.42. The first-order valence-corrected chi connectivity index (χ1v) is 16.7. The maximum atomic E-state index is 14.2. The molecular formula is C34H39N5O2S. The van der Waals surface area contributed by atoms with Crippen molar-refractivity contribution in [1.29, 1.82) is 0 Å². The van der Waals surface area contributed by atoms with Gasteiger partial charge in [0.25, 0.3) is 5.56 Å². The molecule has 1 aliphatic carbocycles. The van der Waals surface area contributed by atoms with Crippen LogP contribution >= 0.6 is 0 Å². The fourth-order valence-electron chi connectivity index (χ4n) is 6.08. The molecule has 218 valence electrons. The molecule has 0 radical (unpaired) electrons. The monoisotopic (exact) mass is 581 g/mol. The molecule has 2 aliphatic rings. The summed E-state index contributed by atoms with van der Waals surface area (Å²) in [6.45, 7) is 7.73. The van der Waals surface area contributed by atoms with E-state index in [0.29, 0.717) is 17.2 Å². The van der Waals surface area contributed by atoms with Gasteiger partial charge < -0.3 is 10.6 Å². The van der Waals surface area contributed by atoms with Crippen molar-refractivity contribution in [2.24, 2.45) is 0 Å². The van der Waals surface area contributed by atoms with E-state index < -0.39 is 9.52 Å². The number of nitrogens with one attached hydrogen (secondary N) is 2. The Balaban J connectivity index is 1.39. The molecule has 0 amide bonds. The average Bonchev–Trinajstić information content (AvgIpc) is 3.52. The van der Waals surface area contributed by atoms with Crippen LogP contribution in [0.3, 0.4) is 0 Å². The summed E-state index contributed by atoms with van der Waals surface area (Å²) < 4.78 is 15.1. The number of hydrogen-bond donors (Lipinski definition) is 2. The van der Waals surface area contributed by atoms with Gasteiger partial charge in [-0.25, -0.2) is 4.98 Å². The highest BCUT2D eigenvalue weighted by Gasteiger charge is 2.24. The van der Waals surface area contributed by atoms with E-state index in [9.17, 15) is 9.00 Å². The van der Waals surface area contributed by atoms with Crippen LogP contribution in [-0.2, 0) is 9.52 Å². The van der Waals surface area contributed by atoms with Gasteiger partial charge >= 0.3 is 0 Å². The summed E-state index contributed by atoms with van der Waals surface area (Å²) in [6.07, 6.45) is 9.17. The lowest BCUT2D eigenvalue weighted by atomic mass is 10.0. The number of nitrogens with zero attached hydrogens (tertiary/aromatic N) is 3. The molecule has 1 unspecified atom stereocenters. The Morgan fingerprint density at radius 2 is 1.83 bits per heavy atom. The number of aryl methyl sites for hydroxylation is 1. The Hall–Kier alpha value is -3.75. The Kier molecular flexibility index (Phi) is 7.77. The van der Waals surface area contributed by atoms with Crippen molar-refractivity contribution in [2.45, 2.75) is 69.1 Å². The highest BCUT2D eigenvalue weighted by Crippen LogP contribution is 2.33. The van der Waals surface area contributed by atoms with Crippen LogP contribution in [0.5, 0.6) is 0 Å². The van der Waals surface area contributed by atoms with Gasteiger partial charge in [0.1, 0.15) is 5.65 Å². The zero-order chi connectivity index (χ0) is 29.4. The van der Waals surface area contributed by atoms with Gasteiger partial charge in [0, 0.05) is 45.6 Å². The van der Waals surface area contributed by atoms with Crippen molar-refractivity contribution in [3.63, 3.8) is 0 Å². The average molecular weight is 582 g/mol. The van der Waals surface area contributed by atoms with Gasteiger partial charge in [-0.15, -0.1) is 0 Å². The molecule has 8 heteroatoms. The summed E-state index contributed by atoms with van der Waals surface area (Å²) in [7, 11) is -2.42. The summed E-state index contributed by atoms with van der Waals surface area (Å²) >= 11 is 0. The number of hydrogen-bond acceptors (Lipinski definition) is 6. The molecule has 1 fully saturated rings. The van der Waals surface area contributed by atoms with Crippen LogP contribution in [0.4, 0.5) is 11.6 Å². The predicted octanol–water partition coefficient (Wildman–Crippen LogP) is 6.49. The maximum absolute atomic E-state index is 14.2. The summed E-state index contributed by atoms with van der Waals surface area (Å²) in [5.41, 5.74) is 6.46. The van der Waals surface area contributed by atoms with E-state index in [1.54, 1.807) is 6.20 Å². The van der Waals surface area contributed by atoms with Gasteiger partial charge in [-0.3, -0.25) is 13.6 Å². The van der Waals surface area contributed by atoms with Crippen LogP contribution in [0.15, 0.2) is 70.5 Å². The number of anilines is 2. The van der Waals surface area contributed by atoms with Crippen LogP contribution in [0, 0.1) is 6.92 Å². The highest BCUT2D eigenvalue weighted by molar-refractivity contribution is 8.00. The molecule has 7 nitrogen and oxygen atoms in total. The number of pyridine rings is 1. The molecule has 0 bridgehead atoms. The van der Waals surface area contributed by atoms with E-state index in [1.165, 1.54) is 11.1 Å². The number of aromatic nitrogens is 3. The van der Waals surface area contributed by atoms with E-state index in [-0.39, 0.29) is 16.9 Å². The highest BCUT2D eigenvalue weighted by atomic mass is 32.2. The van der Waals surface area contributed by atoms with Crippen LogP contribution in [0.2, 0.25) is 0 Å². The summed E-state index contributed by atoms with van der Waals surface area (Å²) in [5, 5.41) is 7.45. The van der Waals surface area contributed by atoms with Crippen LogP contribution < -0.4 is 16.2 Å². The number of fused-ring (bicyclic) bond motifs is 1. The smallest absolute Gasteiger partial charge is 0.260 e. The van der Waals surface area contributed by atoms with Gasteiger partial charge in [0.15, 0.2) is 0 Å². The first-order valence-electron chi connectivity index (χ1n) is 14.9. The second-order valence-corrected chi connectivity index (χ2v) is 14.6. The largest absolute Gasteiger partial charge is 0.324 e. The second kappa shape index (κ2) is 11.5. The maximum Gasteiger partial charge on any atom is 0.260 e. The molecule has 1 aliphatic heterocycles. The summed E-state index contributed by atoms with van der Waals surface area (Å²) in [5.74, 6) is 4.47. The SMILES string of the molecule is C=S(=O)(c1ccc(-c2cc3cnc(Nc4ccc(C5=CCNCC5)cc4)nc3n(C3CCCC3)c2=O)c(C)c1)C(C)C. The Morgan fingerprint density at radius 3 is 2.50 bits per heavy atom. The minimum Gasteiger partial charge on any atom is -0.324 e. The Bertz CT molecular complexity index is 1830. The molecule has 3 heterocycles. The zero-order valence-corrected chi connectivity index (χ0v) is 25.5. The van der Waals surface area contributed by atoms with E-state index >= 15 is 0 Å². The molecule has 0 saturated heterocycles. The van der Waals surface area contributed by atoms with Gasteiger partial charge in [-0.2, -0.15) is 4.98 Å². The van der Waals surface area contributed by atoms with Gasteiger partial charge in [0.2, 0.25) is 5.95 Å². The third-order valence-electron chi connectivity index (χ3n) is 8.69. The molecule has 1 atom stereocenters. The van der Waals surface area contributed by atoms with Crippen LogP contribution in [0.25, 0.3) is 27.7 Å². The van der Waals surface area contributed by atoms with Crippen molar-refractivity contribution in [3.05, 3.63) is 82.3 Å². The Labute approximate surface area is 248 Å². The fraction of sp³-hybridized carbons (Fsp3) is 0.353. The van der Waals surface area contributed by atoms with E-state index in [2.05, 4.69) is 51.8 Å². The molecular weight excluding hydrogens is 542 g/mol. The lowest BCUT2D eigenvalue weighted by molar-refractivity contribution is 0.516. The van der Waals surface area contributed by atoms with E-state index in [4.69, 9.17) is 4.98 Å². The lowest BCUT2D eigenvalue weighted by Gasteiger charge is -2.20. The van der Waals surface area contributed by atoms with E-state index in [0.717, 1.165) is 72.3 Å². The van der Waals surface area contributed by atoms with Crippen molar-refractivity contribution >= 4 is 43.6 Å². The van der Waals surface area contributed by atoms with Crippen molar-refractivity contribution in [1.82, 2.24) is 19.9 Å². The third kappa shape index (κ3) is 5.41. The quantitative estimate of drug-likeness (QED) is 0.243. The first-order chi connectivity index (χ1) is 20.2. The molecule has 2 N–H and O–H groups in total.